The number of aromatic hydroxyl groups is 1. The molecule has 0 saturated carbocycles. The van der Waals surface area contributed by atoms with Gasteiger partial charge in [-0.2, -0.15) is 4.99 Å². The predicted molar refractivity (Wildman–Crippen MR) is 111 cm³/mol. The summed E-state index contributed by atoms with van der Waals surface area (Å²) < 4.78 is 0. The number of hydrogen-bond donors (Lipinski definition) is 1. The Hall–Kier alpha value is -2.44. The van der Waals surface area contributed by atoms with Gasteiger partial charge in [-0.3, -0.25) is 4.79 Å². The van der Waals surface area contributed by atoms with Gasteiger partial charge in [0.25, 0.3) is 5.91 Å². The highest BCUT2D eigenvalue weighted by Gasteiger charge is 2.28. The summed E-state index contributed by atoms with van der Waals surface area (Å²) in [6, 6.07) is 14.8. The minimum absolute atomic E-state index is 0.155. The summed E-state index contributed by atoms with van der Waals surface area (Å²) in [5.74, 6) is -0.0995. The number of phenolic OH excluding ortho intramolecular Hbond substituents is 1. The molecule has 1 fully saturated rings. The number of hydrogen-bond acceptors (Lipinski definition) is 5. The standard InChI is InChI=1S/C20H18ClN3O2S/c21-15-5-3-6-16(13-15)23-8-10-24(11-9-23)20-22-19(26)18(27-20)12-14-4-1-2-7-17(14)25/h1-7,12-13,25H,8-11H2. The predicted octanol–water partition coefficient (Wildman–Crippen LogP) is 3.84. The number of thioether (sulfide) groups is 1. The van der Waals surface area contributed by atoms with Gasteiger partial charge >= 0.3 is 0 Å². The van der Waals surface area contributed by atoms with Gasteiger partial charge in [-0.15, -0.1) is 0 Å². The fourth-order valence-electron chi connectivity index (χ4n) is 3.11. The van der Waals surface area contributed by atoms with Crippen LogP contribution in [0.25, 0.3) is 6.08 Å². The van der Waals surface area contributed by atoms with E-state index in [-0.39, 0.29) is 11.7 Å². The van der Waals surface area contributed by atoms with E-state index in [0.29, 0.717) is 10.5 Å². The lowest BCUT2D eigenvalue weighted by atomic mass is 10.2. The zero-order chi connectivity index (χ0) is 18.8. The fourth-order valence-corrected chi connectivity index (χ4v) is 4.25. The molecule has 2 aliphatic heterocycles. The van der Waals surface area contributed by atoms with Crippen molar-refractivity contribution in [3.05, 3.63) is 64.0 Å². The molecule has 1 saturated heterocycles. The van der Waals surface area contributed by atoms with Crippen molar-refractivity contribution < 1.29 is 9.90 Å². The summed E-state index contributed by atoms with van der Waals surface area (Å²) in [5.41, 5.74) is 1.73. The van der Waals surface area contributed by atoms with Crippen molar-refractivity contribution in [2.24, 2.45) is 4.99 Å². The van der Waals surface area contributed by atoms with Crippen molar-refractivity contribution in [2.75, 3.05) is 31.1 Å². The summed E-state index contributed by atoms with van der Waals surface area (Å²) in [5, 5.41) is 11.4. The molecule has 138 valence electrons. The number of carbonyl (C=O) groups is 1. The number of para-hydroxylation sites is 1. The first-order valence-electron chi connectivity index (χ1n) is 8.66. The van der Waals surface area contributed by atoms with Crippen LogP contribution in [0.15, 0.2) is 58.4 Å². The van der Waals surface area contributed by atoms with Crippen LogP contribution in [-0.4, -0.2) is 47.3 Å². The second-order valence-electron chi connectivity index (χ2n) is 6.32. The maximum absolute atomic E-state index is 12.3. The van der Waals surface area contributed by atoms with E-state index in [1.54, 1.807) is 24.3 Å². The van der Waals surface area contributed by atoms with Crippen LogP contribution in [0.4, 0.5) is 5.69 Å². The highest BCUT2D eigenvalue weighted by molar-refractivity contribution is 8.18. The molecule has 1 N–H and O–H groups in total. The fraction of sp³-hybridized carbons (Fsp3) is 0.200. The minimum atomic E-state index is -0.254. The second kappa shape index (κ2) is 7.66. The smallest absolute Gasteiger partial charge is 0.286 e. The number of amidine groups is 1. The Kier molecular flexibility index (Phi) is 5.09. The summed E-state index contributed by atoms with van der Waals surface area (Å²) in [6.45, 7) is 3.25. The normalized spacial score (nSPS) is 18.9. The monoisotopic (exact) mass is 399 g/mol. The van der Waals surface area contributed by atoms with E-state index in [1.807, 2.05) is 24.3 Å². The van der Waals surface area contributed by atoms with Crippen LogP contribution in [0, 0.1) is 0 Å². The lowest BCUT2D eigenvalue weighted by Crippen LogP contribution is -2.47. The minimum Gasteiger partial charge on any atom is -0.507 e. The van der Waals surface area contributed by atoms with Gasteiger partial charge in [0, 0.05) is 42.5 Å². The van der Waals surface area contributed by atoms with Crippen molar-refractivity contribution in [3.63, 3.8) is 0 Å². The van der Waals surface area contributed by atoms with E-state index in [0.717, 1.165) is 42.1 Å². The van der Waals surface area contributed by atoms with Crippen LogP contribution >= 0.6 is 23.4 Å². The van der Waals surface area contributed by atoms with Gasteiger partial charge in [0.2, 0.25) is 0 Å². The third kappa shape index (κ3) is 3.96. The number of aliphatic imine (C=N–C) groups is 1. The Labute approximate surface area is 167 Å². The van der Waals surface area contributed by atoms with Crippen molar-refractivity contribution in [2.45, 2.75) is 0 Å². The zero-order valence-corrected chi connectivity index (χ0v) is 16.1. The lowest BCUT2D eigenvalue weighted by Gasteiger charge is -2.36. The van der Waals surface area contributed by atoms with Crippen LogP contribution in [0.3, 0.4) is 0 Å². The molecule has 0 unspecified atom stereocenters. The zero-order valence-electron chi connectivity index (χ0n) is 14.5. The molecule has 0 atom stereocenters. The summed E-state index contributed by atoms with van der Waals surface area (Å²) >= 11 is 7.45. The van der Waals surface area contributed by atoms with Gasteiger partial charge < -0.3 is 14.9 Å². The molecule has 2 aliphatic rings. The Balaban J connectivity index is 1.42. The largest absolute Gasteiger partial charge is 0.507 e. The third-order valence-corrected chi connectivity index (χ3v) is 5.84. The maximum atomic E-state index is 12.3. The van der Waals surface area contributed by atoms with E-state index < -0.39 is 0 Å². The van der Waals surface area contributed by atoms with Gasteiger partial charge in [-0.25, -0.2) is 0 Å². The molecule has 0 radical (unpaired) electrons. The first kappa shape index (κ1) is 17.9. The Morgan fingerprint density at radius 1 is 1.04 bits per heavy atom. The number of rotatable bonds is 2. The molecular formula is C20H18ClN3O2S. The van der Waals surface area contributed by atoms with Crippen LogP contribution in [0.5, 0.6) is 5.75 Å². The SMILES string of the molecule is O=C1N=C(N2CCN(c3cccc(Cl)c3)CC2)SC1=Cc1ccccc1O. The number of anilines is 1. The summed E-state index contributed by atoms with van der Waals surface area (Å²) in [7, 11) is 0. The molecule has 2 aromatic rings. The second-order valence-corrected chi connectivity index (χ2v) is 7.77. The van der Waals surface area contributed by atoms with Gasteiger partial charge in [-0.05, 0) is 42.1 Å². The number of carbonyl (C=O) groups excluding carboxylic acids is 1. The quantitative estimate of drug-likeness (QED) is 0.777. The number of benzene rings is 2. The Morgan fingerprint density at radius 2 is 1.78 bits per heavy atom. The Morgan fingerprint density at radius 3 is 2.52 bits per heavy atom. The van der Waals surface area contributed by atoms with Crippen LogP contribution in [0.1, 0.15) is 5.56 Å². The molecule has 7 heteroatoms. The van der Waals surface area contributed by atoms with Crippen LogP contribution in [-0.2, 0) is 4.79 Å². The molecule has 4 rings (SSSR count). The van der Waals surface area contributed by atoms with Crippen molar-refractivity contribution in [3.8, 4) is 5.75 Å². The average Bonchev–Trinajstić information content (AvgIpc) is 3.04. The van der Waals surface area contributed by atoms with E-state index in [9.17, 15) is 9.90 Å². The number of amides is 1. The maximum Gasteiger partial charge on any atom is 0.286 e. The van der Waals surface area contributed by atoms with E-state index >= 15 is 0 Å². The Bertz CT molecular complexity index is 936. The van der Waals surface area contributed by atoms with E-state index in [2.05, 4.69) is 20.9 Å². The molecule has 0 spiro atoms. The lowest BCUT2D eigenvalue weighted by molar-refractivity contribution is -0.113. The van der Waals surface area contributed by atoms with Gasteiger partial charge in [0.15, 0.2) is 5.17 Å². The molecule has 5 nitrogen and oxygen atoms in total. The molecule has 2 heterocycles. The molecular weight excluding hydrogens is 382 g/mol. The van der Waals surface area contributed by atoms with Crippen molar-refractivity contribution in [1.82, 2.24) is 4.90 Å². The number of nitrogens with zero attached hydrogens (tertiary/aromatic N) is 3. The summed E-state index contributed by atoms with van der Waals surface area (Å²) in [4.78, 5) is 21.4. The number of piperazine rings is 1. The highest BCUT2D eigenvalue weighted by atomic mass is 35.5. The van der Waals surface area contributed by atoms with Gasteiger partial charge in [0.05, 0.1) is 4.91 Å². The molecule has 1 amide bonds. The number of halogens is 1. The van der Waals surface area contributed by atoms with Crippen LogP contribution < -0.4 is 4.90 Å². The third-order valence-electron chi connectivity index (χ3n) is 4.56. The molecule has 27 heavy (non-hydrogen) atoms. The van der Waals surface area contributed by atoms with Gasteiger partial charge in [-0.1, -0.05) is 35.9 Å². The first-order valence-corrected chi connectivity index (χ1v) is 9.85. The van der Waals surface area contributed by atoms with Crippen LogP contribution in [0.2, 0.25) is 5.02 Å². The average molecular weight is 400 g/mol. The molecule has 0 aromatic heterocycles. The van der Waals surface area contributed by atoms with Crippen molar-refractivity contribution in [1.29, 1.82) is 0 Å². The number of phenols is 1. The summed E-state index contributed by atoms with van der Waals surface area (Å²) in [6.07, 6.45) is 1.70. The molecule has 2 aromatic carbocycles. The highest BCUT2D eigenvalue weighted by Crippen LogP contribution is 2.32. The molecule has 0 bridgehead atoms. The topological polar surface area (TPSA) is 56.1 Å². The van der Waals surface area contributed by atoms with E-state index in [1.165, 1.54) is 11.8 Å². The van der Waals surface area contributed by atoms with Crippen molar-refractivity contribution >= 4 is 46.2 Å². The first-order chi connectivity index (χ1) is 13.1. The molecule has 0 aliphatic carbocycles. The van der Waals surface area contributed by atoms with E-state index in [4.69, 9.17) is 11.6 Å². The van der Waals surface area contributed by atoms with Gasteiger partial charge in [0.1, 0.15) is 5.75 Å².